The molecule has 8 nitrogen and oxygen atoms in total. The summed E-state index contributed by atoms with van der Waals surface area (Å²) in [6, 6.07) is 0.913. The normalized spacial score (nSPS) is 16.9. The van der Waals surface area contributed by atoms with Crippen LogP contribution in [0.15, 0.2) is 24.7 Å². The molecule has 0 radical (unpaired) electrons. The average Bonchev–Trinajstić information content (AvgIpc) is 3.27. The van der Waals surface area contributed by atoms with Crippen LogP contribution in [0.3, 0.4) is 0 Å². The summed E-state index contributed by atoms with van der Waals surface area (Å²) in [5, 5.41) is 13.1. The summed E-state index contributed by atoms with van der Waals surface area (Å²) in [5.41, 5.74) is 0.397. The smallest absolute Gasteiger partial charge is 0.341 e. The first kappa shape index (κ1) is 17.1. The number of fused-ring (bicyclic) bond motifs is 1. The van der Waals surface area contributed by atoms with Crippen molar-refractivity contribution < 1.29 is 23.4 Å². The highest BCUT2D eigenvalue weighted by Gasteiger charge is 2.32. The Hall–Kier alpha value is -3.30. The highest BCUT2D eigenvalue weighted by Crippen LogP contribution is 2.39. The second kappa shape index (κ2) is 6.45. The first-order chi connectivity index (χ1) is 13.0. The van der Waals surface area contributed by atoms with Gasteiger partial charge in [-0.3, -0.25) is 0 Å². The van der Waals surface area contributed by atoms with E-state index in [1.54, 1.807) is 4.90 Å². The van der Waals surface area contributed by atoms with Crippen LogP contribution in [-0.4, -0.2) is 44.3 Å². The number of nitrogens with zero attached hydrogens (tertiary/aromatic N) is 5. The molecule has 10 heteroatoms. The van der Waals surface area contributed by atoms with E-state index in [1.807, 2.05) is 0 Å². The molecule has 0 aliphatic carbocycles. The van der Waals surface area contributed by atoms with E-state index in [1.165, 1.54) is 13.2 Å². The maximum atomic E-state index is 14.7. The molecular weight excluding hydrogens is 360 g/mol. The molecule has 3 aromatic heterocycles. The molecule has 0 spiro atoms. The average molecular weight is 375 g/mol. The van der Waals surface area contributed by atoms with Gasteiger partial charge in [-0.15, -0.1) is 0 Å². The number of ether oxygens (including phenoxy) is 1. The topological polar surface area (TPSA) is 92.8 Å². The fraction of sp³-hybridized carbons (Fsp3) is 0.294. The minimum atomic E-state index is -1.20. The molecule has 1 aliphatic heterocycles. The van der Waals surface area contributed by atoms with Gasteiger partial charge in [-0.25, -0.2) is 28.1 Å². The first-order valence-corrected chi connectivity index (χ1v) is 8.23. The number of carboxylic acid groups (broad SMARTS) is 1. The van der Waals surface area contributed by atoms with Crippen LogP contribution in [0.1, 0.15) is 34.8 Å². The Bertz CT molecular complexity index is 1040. The lowest BCUT2D eigenvalue weighted by molar-refractivity contribution is 0.0698. The van der Waals surface area contributed by atoms with E-state index in [4.69, 9.17) is 4.74 Å². The van der Waals surface area contributed by atoms with Crippen LogP contribution in [0, 0.1) is 11.6 Å². The number of methoxy groups -OCH3 is 1. The number of pyridine rings is 1. The fourth-order valence-electron chi connectivity index (χ4n) is 3.43. The van der Waals surface area contributed by atoms with E-state index in [0.29, 0.717) is 18.5 Å². The molecule has 27 heavy (non-hydrogen) atoms. The van der Waals surface area contributed by atoms with E-state index < -0.39 is 23.6 Å². The van der Waals surface area contributed by atoms with Crippen molar-refractivity contribution >= 4 is 17.4 Å². The first-order valence-electron chi connectivity index (χ1n) is 8.23. The van der Waals surface area contributed by atoms with Crippen molar-refractivity contribution in [3.8, 4) is 5.88 Å². The van der Waals surface area contributed by atoms with Gasteiger partial charge in [0.1, 0.15) is 11.4 Å². The molecule has 1 N–H and O–H groups in total. The Morgan fingerprint density at radius 3 is 2.93 bits per heavy atom. The van der Waals surface area contributed by atoms with Crippen molar-refractivity contribution in [1.82, 2.24) is 19.6 Å². The van der Waals surface area contributed by atoms with Crippen molar-refractivity contribution in [2.45, 2.75) is 18.9 Å². The van der Waals surface area contributed by atoms with Crippen molar-refractivity contribution in [1.29, 1.82) is 0 Å². The van der Waals surface area contributed by atoms with Gasteiger partial charge in [-0.1, -0.05) is 0 Å². The van der Waals surface area contributed by atoms with E-state index in [9.17, 15) is 18.7 Å². The SMILES string of the molecule is COc1ncc(F)cc1[C@H]1CCCN1c1nc2c(C(=O)O)cnn2cc1F. The largest absolute Gasteiger partial charge is 0.481 e. The fourth-order valence-corrected chi connectivity index (χ4v) is 3.43. The van der Waals surface area contributed by atoms with Crippen LogP contribution in [-0.2, 0) is 0 Å². The second-order valence-electron chi connectivity index (χ2n) is 6.15. The molecule has 1 atom stereocenters. The number of aromatic carboxylic acids is 1. The summed E-state index contributed by atoms with van der Waals surface area (Å²) in [7, 11) is 1.43. The zero-order valence-electron chi connectivity index (χ0n) is 14.3. The number of carbonyl (C=O) groups is 1. The molecule has 4 rings (SSSR count). The van der Waals surface area contributed by atoms with Crippen LogP contribution in [0.25, 0.3) is 5.65 Å². The molecule has 140 valence electrons. The molecule has 0 aromatic carbocycles. The van der Waals surface area contributed by atoms with Gasteiger partial charge in [0.05, 0.1) is 31.7 Å². The quantitative estimate of drug-likeness (QED) is 0.749. The lowest BCUT2D eigenvalue weighted by Gasteiger charge is -2.27. The highest BCUT2D eigenvalue weighted by molar-refractivity contribution is 5.94. The number of anilines is 1. The summed E-state index contributed by atoms with van der Waals surface area (Å²) < 4.78 is 34.8. The van der Waals surface area contributed by atoms with Crippen LogP contribution < -0.4 is 9.64 Å². The predicted octanol–water partition coefficient (Wildman–Crippen LogP) is 2.45. The lowest BCUT2D eigenvalue weighted by Crippen LogP contribution is -2.26. The van der Waals surface area contributed by atoms with Gasteiger partial charge < -0.3 is 14.7 Å². The molecule has 0 amide bonds. The zero-order valence-corrected chi connectivity index (χ0v) is 14.3. The van der Waals surface area contributed by atoms with Gasteiger partial charge in [0.15, 0.2) is 17.3 Å². The van der Waals surface area contributed by atoms with Crippen LogP contribution in [0.4, 0.5) is 14.6 Å². The van der Waals surface area contributed by atoms with Crippen LogP contribution in [0.2, 0.25) is 0 Å². The highest BCUT2D eigenvalue weighted by atomic mass is 19.1. The number of rotatable bonds is 4. The van der Waals surface area contributed by atoms with Gasteiger partial charge in [-0.2, -0.15) is 5.10 Å². The summed E-state index contributed by atoms with van der Waals surface area (Å²) in [5.74, 6) is -2.14. The third-order valence-corrected chi connectivity index (χ3v) is 4.58. The minimum Gasteiger partial charge on any atom is -0.481 e. The maximum Gasteiger partial charge on any atom is 0.341 e. The summed E-state index contributed by atoms with van der Waals surface area (Å²) >= 11 is 0. The van der Waals surface area contributed by atoms with Gasteiger partial charge in [0.25, 0.3) is 0 Å². The number of hydrogen-bond acceptors (Lipinski definition) is 6. The summed E-state index contributed by atoms with van der Waals surface area (Å²) in [6.45, 7) is 0.473. The van der Waals surface area contributed by atoms with Crippen LogP contribution in [0.5, 0.6) is 5.88 Å². The van der Waals surface area contributed by atoms with Crippen molar-refractivity contribution in [2.24, 2.45) is 0 Å². The Morgan fingerprint density at radius 2 is 2.19 bits per heavy atom. The van der Waals surface area contributed by atoms with E-state index in [0.717, 1.165) is 29.5 Å². The summed E-state index contributed by atoms with van der Waals surface area (Å²) in [6.07, 6.45) is 4.61. The van der Waals surface area contributed by atoms with Crippen molar-refractivity contribution in [2.75, 3.05) is 18.6 Å². The molecular formula is C17H15F2N5O3. The van der Waals surface area contributed by atoms with E-state index >= 15 is 0 Å². The van der Waals surface area contributed by atoms with E-state index in [-0.39, 0.29) is 22.9 Å². The number of aromatic nitrogens is 4. The monoisotopic (exact) mass is 375 g/mol. The third kappa shape index (κ3) is 2.82. The standard InChI is InChI=1S/C17H15F2N5O3/c1-27-16-10(5-9(18)6-20-16)13-3-2-4-23(13)15-12(19)8-24-14(22-15)11(7-21-24)17(25)26/h5-8,13H,2-4H2,1H3,(H,25,26)/t13-/m1/s1. The van der Waals surface area contributed by atoms with Gasteiger partial charge in [0, 0.05) is 12.1 Å². The lowest BCUT2D eigenvalue weighted by atomic mass is 10.1. The number of carboxylic acids is 1. The Morgan fingerprint density at radius 1 is 1.37 bits per heavy atom. The van der Waals surface area contributed by atoms with Crippen LogP contribution >= 0.6 is 0 Å². The second-order valence-corrected chi connectivity index (χ2v) is 6.15. The Kier molecular flexibility index (Phi) is 4.09. The minimum absolute atomic E-state index is 0.0145. The summed E-state index contributed by atoms with van der Waals surface area (Å²) in [4.78, 5) is 21.2. The zero-order chi connectivity index (χ0) is 19.1. The van der Waals surface area contributed by atoms with E-state index in [2.05, 4.69) is 15.1 Å². The molecule has 1 aliphatic rings. The molecule has 3 aromatic rings. The third-order valence-electron chi connectivity index (χ3n) is 4.58. The van der Waals surface area contributed by atoms with Crippen molar-refractivity contribution in [3.63, 3.8) is 0 Å². The number of hydrogen-bond donors (Lipinski definition) is 1. The number of halogens is 2. The maximum absolute atomic E-state index is 14.7. The predicted molar refractivity (Wildman–Crippen MR) is 90.0 cm³/mol. The molecule has 0 saturated carbocycles. The molecule has 1 saturated heterocycles. The molecule has 0 unspecified atom stereocenters. The Labute approximate surface area is 152 Å². The molecule has 0 bridgehead atoms. The van der Waals surface area contributed by atoms with Gasteiger partial charge in [-0.05, 0) is 18.9 Å². The molecule has 1 fully saturated rings. The van der Waals surface area contributed by atoms with Gasteiger partial charge >= 0.3 is 5.97 Å². The Balaban J connectivity index is 1.82. The van der Waals surface area contributed by atoms with Gasteiger partial charge in [0.2, 0.25) is 5.88 Å². The van der Waals surface area contributed by atoms with Crippen molar-refractivity contribution in [3.05, 3.63) is 47.4 Å². The molecule has 4 heterocycles.